The number of thiazole rings is 1. The van der Waals surface area contributed by atoms with E-state index in [0.29, 0.717) is 18.5 Å². The van der Waals surface area contributed by atoms with Gasteiger partial charge in [0.15, 0.2) is 5.69 Å². The van der Waals surface area contributed by atoms with Gasteiger partial charge in [-0.05, 0) is 12.8 Å². The number of carbonyl (C=O) groups excluding carboxylic acids is 1. The van der Waals surface area contributed by atoms with Gasteiger partial charge in [0.05, 0.1) is 23.6 Å². The number of sulfone groups is 1. The number of rotatable bonds is 2. The summed E-state index contributed by atoms with van der Waals surface area (Å²) in [6, 6.07) is 0. The fourth-order valence-electron chi connectivity index (χ4n) is 1.81. The number of methoxy groups -OCH3 is 1. The molecule has 0 unspecified atom stereocenters. The van der Waals surface area contributed by atoms with Gasteiger partial charge in [0.2, 0.25) is 0 Å². The van der Waals surface area contributed by atoms with Crippen LogP contribution in [-0.4, -0.2) is 38.0 Å². The monoisotopic (exact) mass is 275 g/mol. The second-order valence-electron chi connectivity index (χ2n) is 3.99. The van der Waals surface area contributed by atoms with Crippen molar-refractivity contribution in [2.75, 3.05) is 18.6 Å². The molecule has 0 aliphatic carbocycles. The standard InChI is InChI=1S/C10H13NO4S2/c1-15-10(12)8-6-16-9(11-8)7-2-4-17(13,14)5-3-7/h6-7H,2-5H2,1H3. The summed E-state index contributed by atoms with van der Waals surface area (Å²) in [6.07, 6.45) is 1.19. The first-order valence-corrected chi connectivity index (χ1v) is 7.96. The van der Waals surface area contributed by atoms with E-state index in [9.17, 15) is 13.2 Å². The van der Waals surface area contributed by atoms with Crippen LogP contribution in [0.15, 0.2) is 5.38 Å². The smallest absolute Gasteiger partial charge is 0.357 e. The van der Waals surface area contributed by atoms with E-state index < -0.39 is 15.8 Å². The quantitative estimate of drug-likeness (QED) is 0.759. The van der Waals surface area contributed by atoms with Gasteiger partial charge in [0, 0.05) is 11.3 Å². The zero-order valence-electron chi connectivity index (χ0n) is 9.38. The highest BCUT2D eigenvalue weighted by atomic mass is 32.2. The van der Waals surface area contributed by atoms with Crippen LogP contribution in [0.3, 0.4) is 0 Å². The van der Waals surface area contributed by atoms with Gasteiger partial charge in [-0.1, -0.05) is 0 Å². The zero-order chi connectivity index (χ0) is 12.5. The molecular weight excluding hydrogens is 262 g/mol. The molecule has 5 nitrogen and oxygen atoms in total. The molecule has 1 aromatic heterocycles. The lowest BCUT2D eigenvalue weighted by Crippen LogP contribution is -2.22. The van der Waals surface area contributed by atoms with Gasteiger partial charge in [-0.2, -0.15) is 0 Å². The van der Waals surface area contributed by atoms with Gasteiger partial charge >= 0.3 is 5.97 Å². The Morgan fingerprint density at radius 2 is 2.12 bits per heavy atom. The van der Waals surface area contributed by atoms with Crippen LogP contribution >= 0.6 is 11.3 Å². The van der Waals surface area contributed by atoms with E-state index in [2.05, 4.69) is 9.72 Å². The Bertz CT molecular complexity index is 506. The molecule has 0 bridgehead atoms. The third-order valence-corrected chi connectivity index (χ3v) is 5.54. The minimum absolute atomic E-state index is 0.155. The topological polar surface area (TPSA) is 73.3 Å². The average molecular weight is 275 g/mol. The molecule has 0 spiro atoms. The van der Waals surface area contributed by atoms with Crippen molar-refractivity contribution in [3.63, 3.8) is 0 Å². The normalized spacial score (nSPS) is 20.1. The molecule has 2 rings (SSSR count). The zero-order valence-corrected chi connectivity index (χ0v) is 11.0. The van der Waals surface area contributed by atoms with Crippen molar-refractivity contribution in [1.29, 1.82) is 0 Å². The van der Waals surface area contributed by atoms with Crippen LogP contribution < -0.4 is 0 Å². The molecule has 0 amide bonds. The molecule has 0 radical (unpaired) electrons. The minimum atomic E-state index is -2.85. The maximum Gasteiger partial charge on any atom is 0.357 e. The second-order valence-corrected chi connectivity index (χ2v) is 7.18. The van der Waals surface area contributed by atoms with Crippen LogP contribution in [0.1, 0.15) is 34.3 Å². The van der Waals surface area contributed by atoms with Gasteiger partial charge in [-0.3, -0.25) is 0 Å². The van der Waals surface area contributed by atoms with E-state index in [-0.39, 0.29) is 17.4 Å². The molecule has 0 atom stereocenters. The van der Waals surface area contributed by atoms with Crippen LogP contribution in [0.4, 0.5) is 0 Å². The molecule has 94 valence electrons. The number of aromatic nitrogens is 1. The minimum Gasteiger partial charge on any atom is -0.464 e. The van der Waals surface area contributed by atoms with Crippen LogP contribution in [0.2, 0.25) is 0 Å². The summed E-state index contributed by atoms with van der Waals surface area (Å²) in [5.41, 5.74) is 0.306. The fraction of sp³-hybridized carbons (Fsp3) is 0.600. The summed E-state index contributed by atoms with van der Waals surface area (Å²) >= 11 is 1.39. The van der Waals surface area contributed by atoms with E-state index in [1.165, 1.54) is 18.4 Å². The lowest BCUT2D eigenvalue weighted by Gasteiger charge is -2.19. The lowest BCUT2D eigenvalue weighted by molar-refractivity contribution is 0.0594. The summed E-state index contributed by atoms with van der Waals surface area (Å²) in [4.78, 5) is 15.4. The first-order valence-electron chi connectivity index (χ1n) is 5.26. The average Bonchev–Trinajstić information content (AvgIpc) is 2.77. The van der Waals surface area contributed by atoms with Crippen molar-refractivity contribution in [3.8, 4) is 0 Å². The number of hydrogen-bond donors (Lipinski definition) is 0. The number of carbonyl (C=O) groups is 1. The van der Waals surface area contributed by atoms with Crippen LogP contribution in [-0.2, 0) is 14.6 Å². The molecule has 1 aliphatic rings. The van der Waals surface area contributed by atoms with Crippen molar-refractivity contribution in [2.24, 2.45) is 0 Å². The maximum atomic E-state index is 11.3. The molecule has 1 aromatic rings. The van der Waals surface area contributed by atoms with Crippen molar-refractivity contribution in [3.05, 3.63) is 16.1 Å². The van der Waals surface area contributed by atoms with Crippen LogP contribution in [0, 0.1) is 0 Å². The third kappa shape index (κ3) is 2.84. The Morgan fingerprint density at radius 3 is 2.71 bits per heavy atom. The number of nitrogens with zero attached hydrogens (tertiary/aromatic N) is 1. The molecule has 0 N–H and O–H groups in total. The molecular formula is C10H13NO4S2. The van der Waals surface area contributed by atoms with Gasteiger partial charge in [-0.25, -0.2) is 18.2 Å². The van der Waals surface area contributed by atoms with E-state index in [1.54, 1.807) is 5.38 Å². The summed E-state index contributed by atoms with van der Waals surface area (Å²) in [5, 5.41) is 2.49. The van der Waals surface area contributed by atoms with Crippen molar-refractivity contribution in [1.82, 2.24) is 4.98 Å². The Morgan fingerprint density at radius 1 is 1.47 bits per heavy atom. The first-order chi connectivity index (χ1) is 8.02. The van der Waals surface area contributed by atoms with Gasteiger partial charge in [-0.15, -0.1) is 11.3 Å². The predicted molar refractivity (Wildman–Crippen MR) is 64.1 cm³/mol. The molecule has 2 heterocycles. The van der Waals surface area contributed by atoms with Crippen LogP contribution in [0.5, 0.6) is 0 Å². The summed E-state index contributed by atoms with van der Waals surface area (Å²) in [5.74, 6) is 0.133. The number of hydrogen-bond acceptors (Lipinski definition) is 6. The summed E-state index contributed by atoms with van der Waals surface area (Å²) in [7, 11) is -1.54. The van der Waals surface area contributed by atoms with E-state index >= 15 is 0 Å². The van der Waals surface area contributed by atoms with E-state index in [1.807, 2.05) is 0 Å². The Balaban J connectivity index is 2.09. The first kappa shape index (κ1) is 12.5. The highest BCUT2D eigenvalue weighted by molar-refractivity contribution is 7.91. The largest absolute Gasteiger partial charge is 0.464 e. The fourth-order valence-corrected chi connectivity index (χ4v) is 4.26. The van der Waals surface area contributed by atoms with Crippen LogP contribution in [0.25, 0.3) is 0 Å². The second kappa shape index (κ2) is 4.73. The molecule has 17 heavy (non-hydrogen) atoms. The Labute approximate surface area is 104 Å². The van der Waals surface area contributed by atoms with E-state index in [0.717, 1.165) is 5.01 Å². The Kier molecular flexibility index (Phi) is 3.48. The molecule has 1 saturated heterocycles. The highest BCUT2D eigenvalue weighted by Crippen LogP contribution is 2.31. The summed E-state index contributed by atoms with van der Waals surface area (Å²) in [6.45, 7) is 0. The molecule has 1 fully saturated rings. The third-order valence-electron chi connectivity index (χ3n) is 2.82. The summed E-state index contributed by atoms with van der Waals surface area (Å²) < 4.78 is 27.2. The molecule has 0 saturated carbocycles. The van der Waals surface area contributed by atoms with Crippen molar-refractivity contribution >= 4 is 27.1 Å². The molecule has 1 aliphatic heterocycles. The lowest BCUT2D eigenvalue weighted by atomic mass is 10.0. The van der Waals surface area contributed by atoms with Gasteiger partial charge < -0.3 is 4.74 Å². The van der Waals surface area contributed by atoms with Gasteiger partial charge in [0.25, 0.3) is 0 Å². The maximum absolute atomic E-state index is 11.3. The van der Waals surface area contributed by atoms with Crippen molar-refractivity contribution in [2.45, 2.75) is 18.8 Å². The SMILES string of the molecule is COC(=O)c1csc(C2CCS(=O)(=O)CC2)n1. The number of esters is 1. The number of ether oxygens (including phenoxy) is 1. The predicted octanol–water partition coefficient (Wildman–Crippen LogP) is 1.22. The molecule has 0 aromatic carbocycles. The highest BCUT2D eigenvalue weighted by Gasteiger charge is 2.27. The molecule has 7 heteroatoms. The van der Waals surface area contributed by atoms with Gasteiger partial charge in [0.1, 0.15) is 9.84 Å². The van der Waals surface area contributed by atoms with E-state index in [4.69, 9.17) is 0 Å². The van der Waals surface area contributed by atoms with Crippen molar-refractivity contribution < 1.29 is 17.9 Å². The Hall–Kier alpha value is -0.950.